The molecule has 0 aliphatic rings. The van der Waals surface area contributed by atoms with Crippen LogP contribution in [0.3, 0.4) is 0 Å². The molecule has 0 heterocycles. The summed E-state index contributed by atoms with van der Waals surface area (Å²) in [4.78, 5) is 12.3. The molecule has 3 aromatic rings. The summed E-state index contributed by atoms with van der Waals surface area (Å²) < 4.78 is 0. The van der Waals surface area contributed by atoms with Gasteiger partial charge in [-0.1, -0.05) is 93.6 Å². The largest absolute Gasteiger partial charge is 3.00 e. The first-order chi connectivity index (χ1) is 17.5. The van der Waals surface area contributed by atoms with E-state index in [0.717, 1.165) is 38.9 Å². The maximum absolute atomic E-state index is 11.1. The van der Waals surface area contributed by atoms with Crippen molar-refractivity contribution in [3.8, 4) is 17.2 Å². The van der Waals surface area contributed by atoms with Crippen molar-refractivity contribution in [1.29, 1.82) is 0 Å². The van der Waals surface area contributed by atoms with Crippen LogP contribution in [0.1, 0.15) is 56.7 Å². The zero-order valence-electron chi connectivity index (χ0n) is 21.8. The second-order valence-electron chi connectivity index (χ2n) is 7.72. The van der Waals surface area contributed by atoms with Crippen LogP contribution in [0.4, 0.5) is 0 Å². The monoisotopic (exact) mass is 542 g/mol. The molecule has 0 atom stereocenters. The minimum Gasteiger partial charge on any atom is -0.872 e. The van der Waals surface area contributed by atoms with Gasteiger partial charge in [-0.05, 0) is 36.0 Å². The van der Waals surface area contributed by atoms with Crippen molar-refractivity contribution in [3.05, 3.63) is 89.5 Å². The van der Waals surface area contributed by atoms with Gasteiger partial charge in [-0.25, -0.2) is 0 Å². The van der Waals surface area contributed by atoms with Gasteiger partial charge in [0.2, 0.25) is 0 Å². The molecule has 0 saturated heterocycles. The summed E-state index contributed by atoms with van der Waals surface area (Å²) in [5, 5.41) is 33.4. The molecule has 7 heteroatoms. The first-order valence-electron chi connectivity index (χ1n) is 12.3. The normalized spacial score (nSPS) is 10.5. The number of benzene rings is 3. The molecular weight excluding hydrogens is 506 g/mol. The summed E-state index contributed by atoms with van der Waals surface area (Å²) in [5.41, 5.74) is 2.02. The van der Waals surface area contributed by atoms with E-state index in [-0.39, 0.29) is 34.3 Å². The minimum absolute atomic E-state index is 0. The molecule has 37 heavy (non-hydrogen) atoms. The van der Waals surface area contributed by atoms with Crippen molar-refractivity contribution in [2.75, 3.05) is 19.6 Å². The molecule has 3 rings (SSSR count). The number of aliphatic imine (C=N–C) groups is 3. The molecule has 0 spiro atoms. The Balaban J connectivity index is 0.000000518. The fourth-order valence-electron chi connectivity index (χ4n) is 2.64. The zero-order valence-corrected chi connectivity index (χ0v) is 22.9. The Bertz CT molecular complexity index is 948. The smallest absolute Gasteiger partial charge is 0.872 e. The van der Waals surface area contributed by atoms with Crippen LogP contribution < -0.4 is 15.3 Å². The van der Waals surface area contributed by atoms with Crippen molar-refractivity contribution in [2.24, 2.45) is 15.0 Å². The predicted octanol–water partition coefficient (Wildman–Crippen LogP) is 4.76. The Hall–Kier alpha value is -3.41. The summed E-state index contributed by atoms with van der Waals surface area (Å²) >= 11 is 0. The molecule has 0 aromatic heterocycles. The molecule has 0 unspecified atom stereocenters. The van der Waals surface area contributed by atoms with Crippen LogP contribution >= 0.6 is 0 Å². The molecule has 3 aromatic carbocycles. The van der Waals surface area contributed by atoms with Crippen LogP contribution in [0.2, 0.25) is 0 Å². The number of rotatable bonds is 9. The first-order valence-corrected chi connectivity index (χ1v) is 12.3. The average Bonchev–Trinajstić information content (AvgIpc) is 2.89. The summed E-state index contributed by atoms with van der Waals surface area (Å²) in [7, 11) is 0. The van der Waals surface area contributed by atoms with Gasteiger partial charge in [-0.2, -0.15) is 0 Å². The second kappa shape index (κ2) is 21.8. The Morgan fingerprint density at radius 2 is 0.730 bits per heavy atom. The van der Waals surface area contributed by atoms with E-state index in [9.17, 15) is 15.3 Å². The molecule has 0 amide bonds. The molecule has 0 aliphatic heterocycles. The maximum Gasteiger partial charge on any atom is 3.00 e. The predicted molar refractivity (Wildman–Crippen MR) is 146 cm³/mol. The Morgan fingerprint density at radius 3 is 0.946 bits per heavy atom. The quantitative estimate of drug-likeness (QED) is 0.287. The second-order valence-corrected chi connectivity index (χ2v) is 7.72. The van der Waals surface area contributed by atoms with E-state index < -0.39 is 0 Å². The van der Waals surface area contributed by atoms with Gasteiger partial charge in [0, 0.05) is 38.3 Å². The molecule has 1 radical (unpaired) electrons. The minimum atomic E-state index is 0. The molecule has 0 fully saturated rings. The third-order valence-electron chi connectivity index (χ3n) is 4.51. The van der Waals surface area contributed by atoms with Crippen LogP contribution in [0.5, 0.6) is 17.2 Å². The van der Waals surface area contributed by atoms with Crippen LogP contribution in [0.15, 0.2) is 87.8 Å². The molecule has 0 aliphatic carbocycles. The van der Waals surface area contributed by atoms with Crippen LogP contribution in [0, 0.1) is 0 Å². The zero-order chi connectivity index (χ0) is 26.4. The van der Waals surface area contributed by atoms with Gasteiger partial charge in [-0.3, -0.25) is 15.0 Å². The first kappa shape index (κ1) is 33.6. The van der Waals surface area contributed by atoms with Gasteiger partial charge in [-0.15, -0.1) is 17.2 Å². The van der Waals surface area contributed by atoms with Crippen molar-refractivity contribution in [3.63, 3.8) is 0 Å². The van der Waals surface area contributed by atoms with E-state index in [1.54, 1.807) is 73.2 Å². The van der Waals surface area contributed by atoms with Crippen LogP contribution in [-0.4, -0.2) is 38.3 Å². The fraction of sp³-hybridized carbons (Fsp3) is 0.300. The van der Waals surface area contributed by atoms with Crippen molar-refractivity contribution >= 4 is 18.6 Å². The van der Waals surface area contributed by atoms with Gasteiger partial charge in [0.25, 0.3) is 0 Å². The van der Waals surface area contributed by atoms with Crippen molar-refractivity contribution in [1.82, 2.24) is 0 Å². The van der Waals surface area contributed by atoms with Gasteiger partial charge in [0.05, 0.1) is 0 Å². The van der Waals surface area contributed by atoms with Crippen molar-refractivity contribution in [2.45, 2.75) is 40.0 Å². The molecule has 0 N–H and O–H groups in total. The van der Waals surface area contributed by atoms with Crippen LogP contribution in [-0.2, 0) is 17.1 Å². The number of nitrogens with zero attached hydrogens (tertiary/aromatic N) is 3. The maximum atomic E-state index is 11.1. The average molecular weight is 542 g/mol. The number of para-hydroxylation sites is 3. The topological polar surface area (TPSA) is 106 Å². The standard InChI is InChI=1S/3C10H13NO.Fe/c3*1-2-7-11-8-9-5-3-4-6-10(9)12;/h3*3-6,8,12H,2,7H2,1H3;/q;;;+3/p-3. The van der Waals surface area contributed by atoms with E-state index in [2.05, 4.69) is 35.7 Å². The number of hydrogen-bond acceptors (Lipinski definition) is 6. The van der Waals surface area contributed by atoms with E-state index in [0.29, 0.717) is 16.7 Å². The third-order valence-corrected chi connectivity index (χ3v) is 4.51. The van der Waals surface area contributed by atoms with E-state index in [1.165, 1.54) is 0 Å². The Kier molecular flexibility index (Phi) is 19.8. The number of hydrogen-bond donors (Lipinski definition) is 0. The molecule has 0 bridgehead atoms. The molecular formula is C30H36FeN3O3. The summed E-state index contributed by atoms with van der Waals surface area (Å²) in [5.74, 6) is 0.118. The van der Waals surface area contributed by atoms with Gasteiger partial charge < -0.3 is 15.3 Å². The fourth-order valence-corrected chi connectivity index (χ4v) is 2.64. The summed E-state index contributed by atoms with van der Waals surface area (Å²) in [6.07, 6.45) is 7.97. The van der Waals surface area contributed by atoms with E-state index >= 15 is 0 Å². The SMILES string of the molecule is CCCN=Cc1ccccc1[O-].CCCN=Cc1ccccc1[O-].CCCN=Cc1ccccc1[O-].[Fe+3]. The van der Waals surface area contributed by atoms with E-state index in [1.807, 2.05) is 18.2 Å². The van der Waals surface area contributed by atoms with Crippen LogP contribution in [0.25, 0.3) is 0 Å². The van der Waals surface area contributed by atoms with Crippen molar-refractivity contribution < 1.29 is 32.4 Å². The molecule has 6 nitrogen and oxygen atoms in total. The summed E-state index contributed by atoms with van der Waals surface area (Å²) in [6, 6.07) is 20.7. The van der Waals surface area contributed by atoms with E-state index in [4.69, 9.17) is 0 Å². The van der Waals surface area contributed by atoms with Gasteiger partial charge in [0.1, 0.15) is 0 Å². The molecule has 197 valence electrons. The third kappa shape index (κ3) is 15.3. The van der Waals surface area contributed by atoms with Gasteiger partial charge in [0.15, 0.2) is 0 Å². The Labute approximate surface area is 232 Å². The Morgan fingerprint density at radius 1 is 0.486 bits per heavy atom. The van der Waals surface area contributed by atoms with Gasteiger partial charge >= 0.3 is 17.1 Å². The molecule has 0 saturated carbocycles. The summed E-state index contributed by atoms with van der Waals surface area (Å²) in [6.45, 7) is 8.53.